The lowest BCUT2D eigenvalue weighted by Gasteiger charge is -2.22. The van der Waals surface area contributed by atoms with Crippen molar-refractivity contribution in [1.29, 1.82) is 0 Å². The first kappa shape index (κ1) is 18.1. The zero-order valence-electron chi connectivity index (χ0n) is 15.6. The van der Waals surface area contributed by atoms with Crippen LogP contribution in [0.3, 0.4) is 0 Å². The van der Waals surface area contributed by atoms with E-state index in [1.54, 1.807) is 42.9 Å². The summed E-state index contributed by atoms with van der Waals surface area (Å²) in [6.45, 7) is 0. The van der Waals surface area contributed by atoms with E-state index in [0.29, 0.717) is 33.7 Å². The number of hydrogen-bond acceptors (Lipinski definition) is 4. The number of aromatic nitrogens is 3. The van der Waals surface area contributed by atoms with E-state index in [1.165, 1.54) is 4.90 Å². The summed E-state index contributed by atoms with van der Waals surface area (Å²) in [5, 5.41) is 1.18. The molecule has 0 saturated heterocycles. The first-order chi connectivity index (χ1) is 14.7. The first-order valence-corrected chi connectivity index (χ1v) is 9.62. The number of nitrogens with zero attached hydrogens (tertiary/aromatic N) is 3. The first-order valence-electron chi connectivity index (χ1n) is 9.24. The molecular formula is C23H15ClN4O2. The second-order valence-electron chi connectivity index (χ2n) is 6.57. The number of pyridine rings is 1. The van der Waals surface area contributed by atoms with Crippen molar-refractivity contribution in [2.75, 3.05) is 4.90 Å². The molecular weight excluding hydrogens is 400 g/mol. The van der Waals surface area contributed by atoms with Crippen LogP contribution >= 0.6 is 11.6 Å². The lowest BCUT2D eigenvalue weighted by molar-refractivity contribution is 0.0999. The summed E-state index contributed by atoms with van der Waals surface area (Å²) in [7, 11) is 0. The van der Waals surface area contributed by atoms with E-state index in [1.807, 2.05) is 42.5 Å². The van der Waals surface area contributed by atoms with Crippen LogP contribution in [0.25, 0.3) is 22.4 Å². The van der Waals surface area contributed by atoms with E-state index in [4.69, 9.17) is 16.0 Å². The van der Waals surface area contributed by atoms with Gasteiger partial charge in [0.2, 0.25) is 5.95 Å². The van der Waals surface area contributed by atoms with E-state index in [-0.39, 0.29) is 5.91 Å². The molecule has 3 heterocycles. The molecule has 30 heavy (non-hydrogen) atoms. The number of nitrogens with one attached hydrogen (secondary N) is 1. The van der Waals surface area contributed by atoms with Crippen LogP contribution in [-0.4, -0.2) is 20.9 Å². The number of H-pyrrole nitrogens is 1. The van der Waals surface area contributed by atoms with Crippen molar-refractivity contribution in [3.05, 3.63) is 96.0 Å². The van der Waals surface area contributed by atoms with Crippen molar-refractivity contribution in [3.63, 3.8) is 0 Å². The smallest absolute Gasteiger partial charge is 0.265 e. The van der Waals surface area contributed by atoms with Gasteiger partial charge in [-0.1, -0.05) is 41.9 Å². The molecule has 5 rings (SSSR count). The number of imidazole rings is 1. The van der Waals surface area contributed by atoms with Gasteiger partial charge in [-0.3, -0.25) is 9.78 Å². The van der Waals surface area contributed by atoms with Crippen molar-refractivity contribution >= 4 is 40.0 Å². The third kappa shape index (κ3) is 3.13. The van der Waals surface area contributed by atoms with Crippen molar-refractivity contribution in [2.45, 2.75) is 0 Å². The topological polar surface area (TPSA) is 75.0 Å². The number of anilines is 2. The highest BCUT2D eigenvalue weighted by Crippen LogP contribution is 2.34. The minimum Gasteiger partial charge on any atom is -0.463 e. The molecule has 0 aliphatic heterocycles. The van der Waals surface area contributed by atoms with Crippen molar-refractivity contribution in [2.24, 2.45) is 0 Å². The number of rotatable bonds is 4. The molecule has 0 radical (unpaired) electrons. The molecule has 0 unspecified atom stereocenters. The van der Waals surface area contributed by atoms with Gasteiger partial charge >= 0.3 is 0 Å². The number of carbonyl (C=O) groups is 1. The Kier molecular flexibility index (Phi) is 4.53. The van der Waals surface area contributed by atoms with Gasteiger partial charge in [0, 0.05) is 11.6 Å². The molecule has 5 aromatic rings. The molecule has 0 aliphatic rings. The number of para-hydroxylation sites is 2. The van der Waals surface area contributed by atoms with E-state index in [9.17, 15) is 4.79 Å². The second-order valence-corrected chi connectivity index (χ2v) is 6.97. The quantitative estimate of drug-likeness (QED) is 0.400. The predicted octanol–water partition coefficient (Wildman–Crippen LogP) is 5.85. The fraction of sp³-hybridized carbons (Fsp3) is 0. The highest BCUT2D eigenvalue weighted by atomic mass is 35.5. The zero-order chi connectivity index (χ0) is 20.5. The maximum absolute atomic E-state index is 13.8. The van der Waals surface area contributed by atoms with Gasteiger partial charge in [-0.25, -0.2) is 9.88 Å². The van der Waals surface area contributed by atoms with Gasteiger partial charge in [0.15, 0.2) is 5.76 Å². The number of benzene rings is 2. The number of fused-ring (bicyclic) bond motifs is 1. The van der Waals surface area contributed by atoms with Crippen LogP contribution in [0.2, 0.25) is 5.02 Å². The van der Waals surface area contributed by atoms with Crippen molar-refractivity contribution in [1.82, 2.24) is 15.0 Å². The number of hydrogen-bond donors (Lipinski definition) is 1. The third-order valence-electron chi connectivity index (χ3n) is 4.74. The Morgan fingerprint density at radius 2 is 1.80 bits per heavy atom. The van der Waals surface area contributed by atoms with E-state index >= 15 is 0 Å². The van der Waals surface area contributed by atoms with Gasteiger partial charge in [-0.2, -0.15) is 0 Å². The van der Waals surface area contributed by atoms with Crippen LogP contribution in [0.5, 0.6) is 0 Å². The SMILES string of the molecule is O=C(c1ccnc2ccccc12)N(c1ncc(-c2ccco2)[nH]1)c1ccccc1Cl. The molecule has 1 N–H and O–H groups in total. The molecule has 0 fully saturated rings. The van der Waals surface area contributed by atoms with Gasteiger partial charge in [0.25, 0.3) is 5.91 Å². The summed E-state index contributed by atoms with van der Waals surface area (Å²) in [5.74, 6) is 0.678. The zero-order valence-corrected chi connectivity index (χ0v) is 16.4. The van der Waals surface area contributed by atoms with Gasteiger partial charge in [0.1, 0.15) is 5.69 Å². The van der Waals surface area contributed by atoms with Crippen LogP contribution < -0.4 is 4.90 Å². The molecule has 0 aliphatic carbocycles. The van der Waals surface area contributed by atoms with Crippen LogP contribution in [0, 0.1) is 0 Å². The molecule has 0 atom stereocenters. The molecule has 0 spiro atoms. The van der Waals surface area contributed by atoms with Gasteiger partial charge in [-0.15, -0.1) is 0 Å². The number of carbonyl (C=O) groups excluding carboxylic acids is 1. The Bertz CT molecular complexity index is 1340. The number of furan rings is 1. The fourth-order valence-electron chi connectivity index (χ4n) is 3.34. The van der Waals surface area contributed by atoms with Crippen LogP contribution in [-0.2, 0) is 0 Å². The summed E-state index contributed by atoms with van der Waals surface area (Å²) in [6.07, 6.45) is 4.82. The third-order valence-corrected chi connectivity index (χ3v) is 5.06. The second kappa shape index (κ2) is 7.50. The maximum Gasteiger partial charge on any atom is 0.265 e. The predicted molar refractivity (Wildman–Crippen MR) is 116 cm³/mol. The van der Waals surface area contributed by atoms with Crippen LogP contribution in [0.4, 0.5) is 11.6 Å². The molecule has 2 aromatic carbocycles. The average molecular weight is 415 g/mol. The van der Waals surface area contributed by atoms with Crippen molar-refractivity contribution < 1.29 is 9.21 Å². The monoisotopic (exact) mass is 414 g/mol. The molecule has 6 nitrogen and oxygen atoms in total. The number of halogens is 1. The molecule has 1 amide bonds. The normalized spacial score (nSPS) is 11.0. The Morgan fingerprint density at radius 3 is 2.63 bits per heavy atom. The molecule has 7 heteroatoms. The van der Waals surface area contributed by atoms with E-state index in [0.717, 1.165) is 10.9 Å². The lowest BCUT2D eigenvalue weighted by atomic mass is 10.1. The Balaban J connectivity index is 1.67. The number of amides is 1. The van der Waals surface area contributed by atoms with Gasteiger partial charge in [-0.05, 0) is 36.4 Å². The molecule has 0 saturated carbocycles. The summed E-state index contributed by atoms with van der Waals surface area (Å²) >= 11 is 6.46. The summed E-state index contributed by atoms with van der Waals surface area (Å²) in [5.41, 5.74) is 2.40. The molecule has 3 aromatic heterocycles. The highest BCUT2D eigenvalue weighted by Gasteiger charge is 2.26. The minimum atomic E-state index is -0.276. The largest absolute Gasteiger partial charge is 0.463 e. The van der Waals surface area contributed by atoms with Crippen LogP contribution in [0.1, 0.15) is 10.4 Å². The Labute approximate surface area is 176 Å². The van der Waals surface area contributed by atoms with Crippen LogP contribution in [0.15, 0.2) is 89.8 Å². The highest BCUT2D eigenvalue weighted by molar-refractivity contribution is 6.34. The Hall–Kier alpha value is -3.90. The van der Waals surface area contributed by atoms with Crippen molar-refractivity contribution in [3.8, 4) is 11.5 Å². The Morgan fingerprint density at radius 1 is 0.967 bits per heavy atom. The molecule has 0 bridgehead atoms. The summed E-state index contributed by atoms with van der Waals surface area (Å²) < 4.78 is 5.44. The van der Waals surface area contributed by atoms with E-state index in [2.05, 4.69) is 15.0 Å². The van der Waals surface area contributed by atoms with Gasteiger partial charge < -0.3 is 9.40 Å². The average Bonchev–Trinajstić information content (AvgIpc) is 3.47. The fourth-order valence-corrected chi connectivity index (χ4v) is 3.56. The lowest BCUT2D eigenvalue weighted by Crippen LogP contribution is -2.27. The number of aromatic amines is 1. The summed E-state index contributed by atoms with van der Waals surface area (Å²) in [6, 6.07) is 20.0. The van der Waals surface area contributed by atoms with E-state index < -0.39 is 0 Å². The minimum absolute atomic E-state index is 0.276. The molecule has 146 valence electrons. The standard InChI is InChI=1S/C23H15ClN4O2/c24-17-7-2-4-9-20(17)28(23-26-14-19(27-23)21-10-5-13-30-21)22(29)16-11-12-25-18-8-3-1-6-15(16)18/h1-14H,(H,26,27). The maximum atomic E-state index is 13.8. The summed E-state index contributed by atoms with van der Waals surface area (Å²) in [4.78, 5) is 27.2. The van der Waals surface area contributed by atoms with Gasteiger partial charge in [0.05, 0.1) is 34.3 Å².